The van der Waals surface area contributed by atoms with Gasteiger partial charge in [0.05, 0.1) is 0 Å². The van der Waals surface area contributed by atoms with Crippen LogP contribution < -0.4 is 5.73 Å². The first-order valence-corrected chi connectivity index (χ1v) is 2.04. The van der Waals surface area contributed by atoms with Gasteiger partial charge in [0.1, 0.15) is 6.17 Å². The summed E-state index contributed by atoms with van der Waals surface area (Å²) >= 11 is 0. The highest BCUT2D eigenvalue weighted by molar-refractivity contribution is 4.58. The number of rotatable bonds is 1. The lowest BCUT2D eigenvalue weighted by Crippen LogP contribution is -2.24. The van der Waals surface area contributed by atoms with Gasteiger partial charge in [-0.25, -0.2) is 4.39 Å². The van der Waals surface area contributed by atoms with Crippen molar-refractivity contribution in [3.05, 3.63) is 0 Å². The molecule has 0 heterocycles. The van der Waals surface area contributed by atoms with Crippen molar-refractivity contribution in [2.24, 2.45) is 5.73 Å². The summed E-state index contributed by atoms with van der Waals surface area (Å²) in [4.78, 5) is 0. The van der Waals surface area contributed by atoms with Crippen molar-refractivity contribution in [3.8, 4) is 0 Å². The molecule has 2 N–H and O–H groups in total. The quantitative estimate of drug-likeness (QED) is 0.505. The minimum Gasteiger partial charge on any atom is -0.325 e. The summed E-state index contributed by atoms with van der Waals surface area (Å²) in [5.41, 5.74) is 5.06. The van der Waals surface area contributed by atoms with E-state index in [9.17, 15) is 4.39 Å². The minimum absolute atomic E-state index is 0.315. The van der Waals surface area contributed by atoms with E-state index < -0.39 is 6.17 Å². The largest absolute Gasteiger partial charge is 0.325 e. The van der Waals surface area contributed by atoms with E-state index in [1.165, 1.54) is 6.92 Å². The van der Waals surface area contributed by atoms with Gasteiger partial charge in [0, 0.05) is 6.04 Å². The van der Waals surface area contributed by atoms with Crippen molar-refractivity contribution >= 4 is 0 Å². The van der Waals surface area contributed by atoms with Crippen LogP contribution in [0.4, 0.5) is 4.39 Å². The molecular formula is C4H10FN. The van der Waals surface area contributed by atoms with Crippen LogP contribution in [-0.2, 0) is 0 Å². The molecule has 0 saturated heterocycles. The van der Waals surface area contributed by atoms with Crippen molar-refractivity contribution in [2.75, 3.05) is 0 Å². The van der Waals surface area contributed by atoms with E-state index in [0.29, 0.717) is 0 Å². The Bertz CT molecular complexity index is 28.5. The Morgan fingerprint density at radius 2 is 1.67 bits per heavy atom. The smallest absolute Gasteiger partial charge is 0.112 e. The minimum atomic E-state index is -0.870. The summed E-state index contributed by atoms with van der Waals surface area (Å²) < 4.78 is 11.7. The summed E-state index contributed by atoms with van der Waals surface area (Å²) in [5, 5.41) is 0. The fourth-order valence-electron chi connectivity index (χ4n) is 0. The average Bonchev–Trinajstić information content (AvgIpc) is 1.36. The standard InChI is InChI=1S/C4H10FN/c1-3(5)4(2)6/h3-4H,6H2,1-2H3/t3-,4-/m0/s1. The summed E-state index contributed by atoms with van der Waals surface area (Å²) in [6.45, 7) is 3.09. The van der Waals surface area contributed by atoms with Crippen LogP contribution in [0, 0.1) is 0 Å². The molecule has 6 heavy (non-hydrogen) atoms. The molecule has 2 atom stereocenters. The number of halogens is 1. The van der Waals surface area contributed by atoms with Crippen molar-refractivity contribution in [1.82, 2.24) is 0 Å². The van der Waals surface area contributed by atoms with E-state index in [-0.39, 0.29) is 6.04 Å². The van der Waals surface area contributed by atoms with Crippen molar-refractivity contribution < 1.29 is 4.39 Å². The first kappa shape index (κ1) is 5.89. The van der Waals surface area contributed by atoms with Crippen molar-refractivity contribution in [1.29, 1.82) is 0 Å². The van der Waals surface area contributed by atoms with Gasteiger partial charge in [0.2, 0.25) is 0 Å². The number of hydrogen-bond acceptors (Lipinski definition) is 1. The second-order valence-corrected chi connectivity index (χ2v) is 1.54. The molecule has 0 fully saturated rings. The molecule has 1 nitrogen and oxygen atoms in total. The lowest BCUT2D eigenvalue weighted by molar-refractivity contribution is 0.318. The highest BCUT2D eigenvalue weighted by Gasteiger charge is 2.00. The van der Waals surface area contributed by atoms with E-state index in [0.717, 1.165) is 0 Å². The van der Waals surface area contributed by atoms with Gasteiger partial charge in [-0.15, -0.1) is 0 Å². The van der Waals surface area contributed by atoms with E-state index in [1.54, 1.807) is 6.92 Å². The molecule has 0 unspecified atom stereocenters. The topological polar surface area (TPSA) is 26.0 Å². The summed E-state index contributed by atoms with van der Waals surface area (Å²) in [7, 11) is 0. The van der Waals surface area contributed by atoms with Gasteiger partial charge in [-0.1, -0.05) is 0 Å². The monoisotopic (exact) mass is 91.1 g/mol. The zero-order chi connectivity index (χ0) is 5.15. The third-order valence-electron chi connectivity index (χ3n) is 0.725. The van der Waals surface area contributed by atoms with Crippen LogP contribution >= 0.6 is 0 Å². The molecule has 0 saturated carbocycles. The maximum Gasteiger partial charge on any atom is 0.112 e. The van der Waals surface area contributed by atoms with Gasteiger partial charge in [0.15, 0.2) is 0 Å². The Morgan fingerprint density at radius 1 is 1.50 bits per heavy atom. The molecule has 0 aromatic rings. The zero-order valence-corrected chi connectivity index (χ0v) is 4.11. The van der Waals surface area contributed by atoms with Crippen molar-refractivity contribution in [2.45, 2.75) is 26.1 Å². The highest BCUT2D eigenvalue weighted by atomic mass is 19.1. The molecular weight excluding hydrogens is 81.0 g/mol. The fourth-order valence-corrected chi connectivity index (χ4v) is 0. The van der Waals surface area contributed by atoms with Crippen LogP contribution in [0.3, 0.4) is 0 Å². The van der Waals surface area contributed by atoms with Crippen LogP contribution in [0.25, 0.3) is 0 Å². The lowest BCUT2D eigenvalue weighted by Gasteiger charge is -2.01. The van der Waals surface area contributed by atoms with Gasteiger partial charge in [0.25, 0.3) is 0 Å². The maximum absolute atomic E-state index is 11.7. The molecule has 0 spiro atoms. The average molecular weight is 91.1 g/mol. The van der Waals surface area contributed by atoms with Crippen molar-refractivity contribution in [3.63, 3.8) is 0 Å². The second-order valence-electron chi connectivity index (χ2n) is 1.54. The van der Waals surface area contributed by atoms with Gasteiger partial charge in [-0.3, -0.25) is 0 Å². The predicted octanol–water partition coefficient (Wildman–Crippen LogP) is 0.692. The van der Waals surface area contributed by atoms with Gasteiger partial charge in [-0.05, 0) is 13.8 Å². The Labute approximate surface area is 37.3 Å². The van der Waals surface area contributed by atoms with E-state index in [2.05, 4.69) is 0 Å². The third kappa shape index (κ3) is 2.15. The number of nitrogens with two attached hydrogens (primary N) is 1. The Morgan fingerprint density at radius 3 is 1.67 bits per heavy atom. The fraction of sp³-hybridized carbons (Fsp3) is 1.00. The molecule has 38 valence electrons. The zero-order valence-electron chi connectivity index (χ0n) is 4.11. The molecule has 0 amide bonds. The van der Waals surface area contributed by atoms with Crippen LogP contribution in [0.2, 0.25) is 0 Å². The van der Waals surface area contributed by atoms with Crippen LogP contribution in [-0.4, -0.2) is 12.2 Å². The summed E-state index contributed by atoms with van der Waals surface area (Å²) in [5.74, 6) is 0. The Balaban J connectivity index is 2.99. The molecule has 0 aromatic heterocycles. The van der Waals surface area contributed by atoms with E-state index in [1.807, 2.05) is 0 Å². The maximum atomic E-state index is 11.7. The first-order chi connectivity index (χ1) is 2.64. The van der Waals surface area contributed by atoms with Crippen LogP contribution in [0.15, 0.2) is 0 Å². The predicted molar refractivity (Wildman–Crippen MR) is 24.2 cm³/mol. The Kier molecular flexibility index (Phi) is 2.09. The van der Waals surface area contributed by atoms with Gasteiger partial charge >= 0.3 is 0 Å². The van der Waals surface area contributed by atoms with E-state index in [4.69, 9.17) is 5.73 Å². The number of alkyl halides is 1. The van der Waals surface area contributed by atoms with Gasteiger partial charge in [-0.2, -0.15) is 0 Å². The first-order valence-electron chi connectivity index (χ1n) is 2.04. The van der Waals surface area contributed by atoms with Gasteiger partial charge < -0.3 is 5.73 Å². The number of hydrogen-bond donors (Lipinski definition) is 1. The normalized spacial score (nSPS) is 20.0. The molecule has 0 radical (unpaired) electrons. The summed E-state index contributed by atoms with van der Waals surface area (Å²) in [6, 6.07) is -0.315. The lowest BCUT2D eigenvalue weighted by atomic mass is 10.3. The molecule has 0 aliphatic rings. The van der Waals surface area contributed by atoms with Crippen LogP contribution in [0.5, 0.6) is 0 Å². The van der Waals surface area contributed by atoms with E-state index >= 15 is 0 Å². The second kappa shape index (κ2) is 2.13. The molecule has 0 rings (SSSR count). The molecule has 0 bridgehead atoms. The molecule has 0 aliphatic heterocycles. The molecule has 0 aromatic carbocycles. The highest BCUT2D eigenvalue weighted by Crippen LogP contribution is 1.89. The van der Waals surface area contributed by atoms with Crippen LogP contribution in [0.1, 0.15) is 13.8 Å². The SMILES string of the molecule is C[C@H](N)[C@H](C)F. The summed E-state index contributed by atoms with van der Waals surface area (Å²) in [6.07, 6.45) is -0.870. The third-order valence-corrected chi connectivity index (χ3v) is 0.725. The molecule has 2 heteroatoms. The molecule has 0 aliphatic carbocycles. The Hall–Kier alpha value is -0.110.